The van der Waals surface area contributed by atoms with Crippen molar-refractivity contribution in [3.8, 4) is 23.6 Å². The zero-order chi connectivity index (χ0) is 14.4. The molecule has 0 radical (unpaired) electrons. The van der Waals surface area contributed by atoms with Crippen LogP contribution in [-0.4, -0.2) is 33.0 Å². The Kier molecular flexibility index (Phi) is 3.85. The summed E-state index contributed by atoms with van der Waals surface area (Å²) in [6.45, 7) is 0. The smallest absolute Gasteiger partial charge is 0.237 e. The number of rotatable bonds is 4. The van der Waals surface area contributed by atoms with Crippen LogP contribution in [0.1, 0.15) is 0 Å². The number of nitrogens with zero attached hydrogens (tertiary/aromatic N) is 7. The summed E-state index contributed by atoms with van der Waals surface area (Å²) in [7, 11) is 1.51. The lowest BCUT2D eigenvalue weighted by Gasteiger charge is -2.09. The van der Waals surface area contributed by atoms with Crippen LogP contribution in [0.5, 0.6) is 5.75 Å². The molecule has 0 fully saturated rings. The van der Waals surface area contributed by atoms with Crippen LogP contribution in [0.15, 0.2) is 29.6 Å². The second-order valence-corrected chi connectivity index (χ2v) is 3.44. The van der Waals surface area contributed by atoms with E-state index in [1.165, 1.54) is 18.1 Å². The van der Waals surface area contributed by atoms with Crippen molar-refractivity contribution in [3.63, 3.8) is 0 Å². The number of aromatic nitrogens is 4. The van der Waals surface area contributed by atoms with Crippen molar-refractivity contribution in [2.24, 2.45) is 5.10 Å². The molecule has 0 aliphatic heterocycles. The van der Waals surface area contributed by atoms with Crippen LogP contribution < -0.4 is 10.2 Å². The van der Waals surface area contributed by atoms with E-state index in [9.17, 15) is 0 Å². The molecule has 9 heteroatoms. The van der Waals surface area contributed by atoms with Gasteiger partial charge >= 0.3 is 0 Å². The fraction of sp³-hybridized carbons (Fsp3) is 0.0909. The van der Waals surface area contributed by atoms with E-state index in [0.717, 1.165) is 0 Å². The minimum Gasteiger partial charge on any atom is -0.494 e. The maximum absolute atomic E-state index is 8.58. The van der Waals surface area contributed by atoms with Gasteiger partial charge in [-0.1, -0.05) is 0 Å². The van der Waals surface area contributed by atoms with E-state index in [-0.39, 0.29) is 5.71 Å². The fourth-order valence-corrected chi connectivity index (χ4v) is 1.40. The number of nitriles is 2. The van der Waals surface area contributed by atoms with Crippen molar-refractivity contribution in [2.45, 2.75) is 0 Å². The highest BCUT2D eigenvalue weighted by atomic mass is 16.5. The number of ether oxygens (including phenoxy) is 1. The summed E-state index contributed by atoms with van der Waals surface area (Å²) in [6.07, 6.45) is 1.44. The third-order valence-electron chi connectivity index (χ3n) is 2.28. The van der Waals surface area contributed by atoms with Crippen LogP contribution in [0, 0.1) is 22.7 Å². The molecule has 0 spiro atoms. The van der Waals surface area contributed by atoms with Crippen molar-refractivity contribution in [2.75, 3.05) is 12.5 Å². The molecule has 0 atom stereocenters. The van der Waals surface area contributed by atoms with Gasteiger partial charge in [-0.3, -0.25) is 5.43 Å². The zero-order valence-corrected chi connectivity index (χ0v) is 10.3. The lowest BCUT2D eigenvalue weighted by atomic mass is 10.2. The van der Waals surface area contributed by atoms with Gasteiger partial charge in [-0.2, -0.15) is 20.3 Å². The van der Waals surface area contributed by atoms with E-state index >= 15 is 0 Å². The SMILES string of the molecule is COc1cc(NN=C(C#N)C#N)ccc1-n1cnnn1. The predicted molar refractivity (Wildman–Crippen MR) is 68.0 cm³/mol. The second kappa shape index (κ2) is 5.93. The molecule has 0 amide bonds. The Morgan fingerprint density at radius 1 is 1.40 bits per heavy atom. The Hall–Kier alpha value is -3.46. The molecule has 9 nitrogen and oxygen atoms in total. The van der Waals surface area contributed by atoms with E-state index in [0.29, 0.717) is 17.1 Å². The molecule has 1 N–H and O–H groups in total. The quantitative estimate of drug-likeness (QED) is 0.631. The van der Waals surface area contributed by atoms with Gasteiger partial charge in [0.25, 0.3) is 0 Å². The first-order valence-electron chi connectivity index (χ1n) is 5.33. The van der Waals surface area contributed by atoms with Gasteiger partial charge in [-0.15, -0.1) is 5.10 Å². The topological polar surface area (TPSA) is 125 Å². The van der Waals surface area contributed by atoms with Gasteiger partial charge in [-0.25, -0.2) is 0 Å². The summed E-state index contributed by atoms with van der Waals surface area (Å²) in [4.78, 5) is 0. The van der Waals surface area contributed by atoms with Crippen LogP contribution in [0.25, 0.3) is 5.69 Å². The highest BCUT2D eigenvalue weighted by Gasteiger charge is 2.07. The average molecular weight is 268 g/mol. The van der Waals surface area contributed by atoms with Crippen molar-refractivity contribution in [1.29, 1.82) is 10.5 Å². The van der Waals surface area contributed by atoms with E-state index in [4.69, 9.17) is 15.3 Å². The number of hydrogen-bond acceptors (Lipinski definition) is 8. The molecular weight excluding hydrogens is 260 g/mol. The predicted octanol–water partition coefficient (Wildman–Crippen LogP) is 0.486. The Balaban J connectivity index is 2.29. The Labute approximate surface area is 113 Å². The number of hydrogen-bond donors (Lipinski definition) is 1. The van der Waals surface area contributed by atoms with Crippen molar-refractivity contribution in [3.05, 3.63) is 24.5 Å². The summed E-state index contributed by atoms with van der Waals surface area (Å²) >= 11 is 0. The summed E-state index contributed by atoms with van der Waals surface area (Å²) in [5.74, 6) is 0.507. The molecule has 0 unspecified atom stereocenters. The molecule has 98 valence electrons. The van der Waals surface area contributed by atoms with Gasteiger partial charge < -0.3 is 4.74 Å². The van der Waals surface area contributed by atoms with Gasteiger partial charge in [0, 0.05) is 6.07 Å². The average Bonchev–Trinajstić information content (AvgIpc) is 3.02. The van der Waals surface area contributed by atoms with E-state index in [1.54, 1.807) is 30.3 Å². The van der Waals surface area contributed by atoms with Gasteiger partial charge in [0.1, 0.15) is 29.9 Å². The normalized spacial score (nSPS) is 9.15. The molecule has 1 aromatic heterocycles. The molecule has 0 saturated carbocycles. The van der Waals surface area contributed by atoms with Crippen LogP contribution in [0.3, 0.4) is 0 Å². The minimum atomic E-state index is -0.270. The van der Waals surface area contributed by atoms with Crippen molar-refractivity contribution in [1.82, 2.24) is 20.2 Å². The first-order valence-corrected chi connectivity index (χ1v) is 5.33. The zero-order valence-electron chi connectivity index (χ0n) is 10.3. The van der Waals surface area contributed by atoms with E-state index < -0.39 is 0 Å². The van der Waals surface area contributed by atoms with Crippen LogP contribution in [0.2, 0.25) is 0 Å². The van der Waals surface area contributed by atoms with Crippen LogP contribution in [-0.2, 0) is 0 Å². The molecule has 20 heavy (non-hydrogen) atoms. The van der Waals surface area contributed by atoms with Crippen LogP contribution in [0.4, 0.5) is 5.69 Å². The Bertz CT molecular complexity index is 691. The van der Waals surface area contributed by atoms with Crippen LogP contribution >= 0.6 is 0 Å². The minimum absolute atomic E-state index is 0.270. The monoisotopic (exact) mass is 268 g/mol. The van der Waals surface area contributed by atoms with Gasteiger partial charge in [0.15, 0.2) is 0 Å². The number of anilines is 1. The first-order chi connectivity index (χ1) is 9.78. The van der Waals surface area contributed by atoms with E-state index in [2.05, 4.69) is 26.1 Å². The molecule has 2 aromatic rings. The number of benzene rings is 1. The molecule has 0 saturated heterocycles. The summed E-state index contributed by atoms with van der Waals surface area (Å²) < 4.78 is 6.68. The summed E-state index contributed by atoms with van der Waals surface area (Å²) in [5.41, 5.74) is 3.53. The lowest BCUT2D eigenvalue weighted by molar-refractivity contribution is 0.411. The molecule has 0 bridgehead atoms. The fourth-order valence-electron chi connectivity index (χ4n) is 1.40. The van der Waals surface area contributed by atoms with Crippen molar-refractivity contribution >= 4 is 11.4 Å². The summed E-state index contributed by atoms with van der Waals surface area (Å²) in [6, 6.07) is 8.35. The van der Waals surface area contributed by atoms with E-state index in [1.807, 2.05) is 0 Å². The van der Waals surface area contributed by atoms with Crippen molar-refractivity contribution < 1.29 is 4.74 Å². The standard InChI is InChI=1S/C11H8N8O/c1-20-11-4-8(15-16-9(5-12)6-13)2-3-10(11)19-7-14-17-18-19/h2-4,7,15H,1H3. The maximum Gasteiger partial charge on any atom is 0.237 e. The van der Waals surface area contributed by atoms with Gasteiger partial charge in [-0.05, 0) is 22.6 Å². The highest BCUT2D eigenvalue weighted by Crippen LogP contribution is 2.25. The molecule has 2 rings (SSSR count). The lowest BCUT2D eigenvalue weighted by Crippen LogP contribution is -2.01. The summed E-state index contributed by atoms with van der Waals surface area (Å²) in [5, 5.41) is 31.7. The van der Waals surface area contributed by atoms with Gasteiger partial charge in [0.2, 0.25) is 5.71 Å². The highest BCUT2D eigenvalue weighted by molar-refractivity contribution is 6.10. The Morgan fingerprint density at radius 2 is 2.20 bits per heavy atom. The molecule has 1 aromatic carbocycles. The number of tetrazole rings is 1. The molecule has 0 aliphatic rings. The number of methoxy groups -OCH3 is 1. The maximum atomic E-state index is 8.58. The number of hydrazone groups is 1. The third kappa shape index (κ3) is 2.68. The molecule has 0 aliphatic carbocycles. The van der Waals surface area contributed by atoms with Gasteiger partial charge in [0.05, 0.1) is 12.8 Å². The second-order valence-electron chi connectivity index (χ2n) is 3.44. The Morgan fingerprint density at radius 3 is 2.80 bits per heavy atom. The number of nitrogens with one attached hydrogen (secondary N) is 1. The molecular formula is C11H8N8O. The third-order valence-corrected chi connectivity index (χ3v) is 2.28. The first kappa shape index (κ1) is 13.0. The molecule has 1 heterocycles. The largest absolute Gasteiger partial charge is 0.494 e.